The van der Waals surface area contributed by atoms with Gasteiger partial charge in [-0.3, -0.25) is 0 Å². The fourth-order valence-electron chi connectivity index (χ4n) is 1.80. The van der Waals surface area contributed by atoms with Gasteiger partial charge in [-0.2, -0.15) is 0 Å². The molecule has 1 atom stereocenters. The van der Waals surface area contributed by atoms with Crippen LogP contribution in [-0.4, -0.2) is 5.11 Å². The molecule has 2 rings (SSSR count). The Hall–Kier alpha value is -1.38. The van der Waals surface area contributed by atoms with Gasteiger partial charge in [0.2, 0.25) is 0 Å². The molecule has 0 aliphatic carbocycles. The minimum absolute atomic E-state index is 0.167. The normalized spacial score (nSPS) is 13.3. The highest BCUT2D eigenvalue weighted by molar-refractivity contribution is 14.1. The molecule has 0 aliphatic heterocycles. The van der Waals surface area contributed by atoms with E-state index >= 15 is 0 Å². The van der Waals surface area contributed by atoms with E-state index in [1.165, 1.54) is 6.07 Å². The Morgan fingerprint density at radius 1 is 1.00 bits per heavy atom. The summed E-state index contributed by atoms with van der Waals surface area (Å²) in [6.45, 7) is 0. The predicted molar refractivity (Wildman–Crippen MR) is 77.6 cm³/mol. The van der Waals surface area contributed by atoms with Gasteiger partial charge in [0.1, 0.15) is 5.82 Å². The zero-order valence-corrected chi connectivity index (χ0v) is 11.6. The summed E-state index contributed by atoms with van der Waals surface area (Å²) in [7, 11) is 0. The van der Waals surface area contributed by atoms with Crippen LogP contribution >= 0.6 is 22.6 Å². The quantitative estimate of drug-likeness (QED) is 0.648. The molecule has 0 fully saturated rings. The van der Waals surface area contributed by atoms with Crippen molar-refractivity contribution in [3.05, 3.63) is 71.5 Å². The van der Waals surface area contributed by atoms with Crippen LogP contribution in [0.3, 0.4) is 0 Å². The Morgan fingerprint density at radius 3 is 2.22 bits per heavy atom. The molecule has 0 spiro atoms. The third-order valence-corrected chi connectivity index (χ3v) is 2.95. The van der Waals surface area contributed by atoms with Crippen LogP contribution in [0.5, 0.6) is 0 Å². The van der Waals surface area contributed by atoms with E-state index in [2.05, 4.69) is 9.85 Å². The molecule has 0 aromatic heterocycles. The molecule has 1 unspecified atom stereocenters. The van der Waals surface area contributed by atoms with Crippen LogP contribution in [0.25, 0.3) is 0 Å². The van der Waals surface area contributed by atoms with Gasteiger partial charge in [0.05, 0.1) is 0 Å². The molecule has 90 valence electrons. The SMILES string of the molecule is OC(C#CI)(c1ccccc1)c1ccccc1F. The van der Waals surface area contributed by atoms with Gasteiger partial charge in [0, 0.05) is 33.7 Å². The molecule has 2 aromatic rings. The monoisotopic (exact) mass is 352 g/mol. The first kappa shape index (κ1) is 13.1. The Morgan fingerprint density at radius 2 is 1.61 bits per heavy atom. The smallest absolute Gasteiger partial charge is 0.180 e. The van der Waals surface area contributed by atoms with Gasteiger partial charge in [-0.15, -0.1) is 0 Å². The van der Waals surface area contributed by atoms with Gasteiger partial charge in [0.15, 0.2) is 5.60 Å². The maximum Gasteiger partial charge on any atom is 0.180 e. The number of rotatable bonds is 2. The molecular weight excluding hydrogens is 342 g/mol. The van der Waals surface area contributed by atoms with E-state index < -0.39 is 11.4 Å². The Balaban J connectivity index is 2.65. The lowest BCUT2D eigenvalue weighted by Crippen LogP contribution is -2.26. The van der Waals surface area contributed by atoms with Gasteiger partial charge in [-0.05, 0) is 15.9 Å². The van der Waals surface area contributed by atoms with Gasteiger partial charge in [-0.1, -0.05) is 48.5 Å². The van der Waals surface area contributed by atoms with Crippen LogP contribution in [0.2, 0.25) is 0 Å². The zero-order valence-electron chi connectivity index (χ0n) is 9.40. The second kappa shape index (κ2) is 5.51. The summed E-state index contributed by atoms with van der Waals surface area (Å²) in [5.41, 5.74) is -0.895. The van der Waals surface area contributed by atoms with E-state index in [9.17, 15) is 9.50 Å². The van der Waals surface area contributed by atoms with E-state index in [1.807, 2.05) is 28.7 Å². The highest BCUT2D eigenvalue weighted by Crippen LogP contribution is 2.30. The largest absolute Gasteiger partial charge is 0.369 e. The summed E-state index contributed by atoms with van der Waals surface area (Å²) in [5.74, 6) is 2.22. The molecule has 1 N–H and O–H groups in total. The molecule has 0 aliphatic rings. The summed E-state index contributed by atoms with van der Waals surface area (Å²) < 4.78 is 16.5. The molecule has 0 saturated heterocycles. The second-order valence-corrected chi connectivity index (χ2v) is 4.32. The number of benzene rings is 2. The van der Waals surface area contributed by atoms with E-state index in [-0.39, 0.29) is 5.56 Å². The molecule has 2 aromatic carbocycles. The fraction of sp³-hybridized carbons (Fsp3) is 0.0667. The first-order valence-corrected chi connectivity index (χ1v) is 6.42. The average molecular weight is 352 g/mol. The maximum absolute atomic E-state index is 13.9. The number of hydrogen-bond donors (Lipinski definition) is 1. The van der Waals surface area contributed by atoms with Crippen LogP contribution in [0.4, 0.5) is 4.39 Å². The van der Waals surface area contributed by atoms with E-state index in [4.69, 9.17) is 0 Å². The summed E-state index contributed by atoms with van der Waals surface area (Å²) in [5, 5.41) is 10.7. The van der Waals surface area contributed by atoms with Crippen LogP contribution in [-0.2, 0) is 5.60 Å². The molecule has 0 saturated carbocycles. The van der Waals surface area contributed by atoms with Crippen molar-refractivity contribution in [1.29, 1.82) is 0 Å². The summed E-state index contributed by atoms with van der Waals surface area (Å²) in [6, 6.07) is 15.0. The van der Waals surface area contributed by atoms with Crippen molar-refractivity contribution in [3.8, 4) is 9.85 Å². The summed E-state index contributed by atoms with van der Waals surface area (Å²) in [6.07, 6.45) is 0. The molecule has 0 heterocycles. The molecule has 0 amide bonds. The predicted octanol–water partition coefficient (Wildman–Crippen LogP) is 3.46. The number of halogens is 2. The van der Waals surface area contributed by atoms with Crippen LogP contribution in [0, 0.1) is 15.7 Å². The maximum atomic E-state index is 13.9. The Bertz CT molecular complexity index is 601. The molecule has 0 bridgehead atoms. The topological polar surface area (TPSA) is 20.2 Å². The number of hydrogen-bond acceptors (Lipinski definition) is 1. The third-order valence-electron chi connectivity index (χ3n) is 2.68. The van der Waals surface area contributed by atoms with Crippen molar-refractivity contribution in [2.24, 2.45) is 0 Å². The van der Waals surface area contributed by atoms with E-state index in [0.29, 0.717) is 5.56 Å². The zero-order chi connectivity index (χ0) is 13.0. The average Bonchev–Trinajstić information content (AvgIpc) is 2.40. The standard InChI is InChI=1S/C15H10FIO/c16-14-9-5-4-8-13(14)15(18,10-11-17)12-6-2-1-3-7-12/h1-9,18H. The molecule has 0 radical (unpaired) electrons. The summed E-state index contributed by atoms with van der Waals surface area (Å²) in [4.78, 5) is 0. The van der Waals surface area contributed by atoms with Crippen molar-refractivity contribution in [2.75, 3.05) is 0 Å². The number of aliphatic hydroxyl groups is 1. The van der Waals surface area contributed by atoms with Crippen LogP contribution < -0.4 is 0 Å². The lowest BCUT2D eigenvalue weighted by atomic mass is 9.87. The van der Waals surface area contributed by atoms with Crippen molar-refractivity contribution in [2.45, 2.75) is 5.60 Å². The fourth-order valence-corrected chi connectivity index (χ4v) is 2.19. The van der Waals surface area contributed by atoms with Crippen molar-refractivity contribution in [3.63, 3.8) is 0 Å². The third kappa shape index (κ3) is 2.40. The van der Waals surface area contributed by atoms with Gasteiger partial charge in [0.25, 0.3) is 0 Å². The summed E-state index contributed by atoms with van der Waals surface area (Å²) >= 11 is 1.83. The van der Waals surface area contributed by atoms with Crippen LogP contribution in [0.15, 0.2) is 54.6 Å². The molecule has 1 nitrogen and oxygen atoms in total. The first-order valence-electron chi connectivity index (χ1n) is 5.34. The van der Waals surface area contributed by atoms with Crippen molar-refractivity contribution < 1.29 is 9.50 Å². The van der Waals surface area contributed by atoms with Crippen molar-refractivity contribution in [1.82, 2.24) is 0 Å². The van der Waals surface area contributed by atoms with Gasteiger partial charge >= 0.3 is 0 Å². The minimum atomic E-state index is -1.62. The highest BCUT2D eigenvalue weighted by atomic mass is 127. The lowest BCUT2D eigenvalue weighted by Gasteiger charge is -2.23. The molecule has 3 heteroatoms. The van der Waals surface area contributed by atoms with Crippen LogP contribution in [0.1, 0.15) is 11.1 Å². The first-order chi connectivity index (χ1) is 8.68. The van der Waals surface area contributed by atoms with Gasteiger partial charge in [-0.25, -0.2) is 4.39 Å². The van der Waals surface area contributed by atoms with Gasteiger partial charge < -0.3 is 5.11 Å². The van der Waals surface area contributed by atoms with Crippen molar-refractivity contribution >= 4 is 22.6 Å². The highest BCUT2D eigenvalue weighted by Gasteiger charge is 2.31. The lowest BCUT2D eigenvalue weighted by molar-refractivity contribution is 0.140. The van der Waals surface area contributed by atoms with E-state index in [1.54, 1.807) is 42.5 Å². The molecular formula is C15H10FIO. The minimum Gasteiger partial charge on any atom is -0.369 e. The van der Waals surface area contributed by atoms with E-state index in [0.717, 1.165) is 0 Å². The Labute approximate surface area is 119 Å². The Kier molecular flexibility index (Phi) is 4.00. The molecule has 18 heavy (non-hydrogen) atoms. The second-order valence-electron chi connectivity index (χ2n) is 3.78.